The average Bonchev–Trinajstić information content (AvgIpc) is 1.87. The molecule has 0 bridgehead atoms. The lowest BCUT2D eigenvalue weighted by Gasteiger charge is -2.23. The van der Waals surface area contributed by atoms with E-state index in [2.05, 4.69) is 20.1 Å². The van der Waals surface area contributed by atoms with Gasteiger partial charge in [-0.15, -0.1) is 0 Å². The van der Waals surface area contributed by atoms with E-state index in [1.54, 1.807) is 0 Å². The van der Waals surface area contributed by atoms with Gasteiger partial charge in [-0.2, -0.15) is 11.8 Å². The Morgan fingerprint density at radius 2 is 1.82 bits per heavy atom. The van der Waals surface area contributed by atoms with Crippen molar-refractivity contribution >= 4 is 11.8 Å². The molecule has 0 aliphatic carbocycles. The van der Waals surface area contributed by atoms with Crippen molar-refractivity contribution in [2.24, 2.45) is 11.8 Å². The topological polar surface area (TPSA) is 20.2 Å². The first-order chi connectivity index (χ1) is 5.09. The molecule has 0 aromatic heterocycles. The van der Waals surface area contributed by atoms with Crippen LogP contribution in [0.25, 0.3) is 0 Å². The molecule has 1 N–H and O–H groups in total. The number of aliphatic hydroxyl groups excluding tert-OH is 1. The third-order valence-electron chi connectivity index (χ3n) is 2.13. The molecule has 0 amide bonds. The molecular weight excluding hydrogens is 156 g/mol. The van der Waals surface area contributed by atoms with Gasteiger partial charge in [-0.1, -0.05) is 13.8 Å². The van der Waals surface area contributed by atoms with Crippen LogP contribution in [0.3, 0.4) is 0 Å². The van der Waals surface area contributed by atoms with E-state index in [4.69, 9.17) is 0 Å². The van der Waals surface area contributed by atoms with Crippen molar-refractivity contribution in [1.82, 2.24) is 0 Å². The molecule has 0 saturated heterocycles. The van der Waals surface area contributed by atoms with Crippen LogP contribution in [0.5, 0.6) is 0 Å². The Bertz CT molecular complexity index is 83.6. The molecule has 0 aromatic carbocycles. The monoisotopic (exact) mass is 176 g/mol. The van der Waals surface area contributed by atoms with Gasteiger partial charge < -0.3 is 5.11 Å². The van der Waals surface area contributed by atoms with Crippen LogP contribution in [0, 0.1) is 11.8 Å². The van der Waals surface area contributed by atoms with E-state index in [1.807, 2.05) is 18.7 Å². The lowest BCUT2D eigenvalue weighted by Crippen LogP contribution is -2.22. The predicted octanol–water partition coefficient (Wildman–Crippen LogP) is 2.39. The van der Waals surface area contributed by atoms with Gasteiger partial charge in [0, 0.05) is 0 Å². The normalized spacial score (nSPS) is 16.9. The van der Waals surface area contributed by atoms with Crippen molar-refractivity contribution in [2.75, 3.05) is 12.0 Å². The molecule has 0 saturated carbocycles. The highest BCUT2D eigenvalue weighted by atomic mass is 32.2. The largest absolute Gasteiger partial charge is 0.393 e. The molecule has 11 heavy (non-hydrogen) atoms. The standard InChI is InChI=1S/C9H20OS/c1-7(2)9(8(3)10)5-6-11-4/h7-10H,5-6H2,1-4H3. The number of hydrogen-bond donors (Lipinski definition) is 1. The number of thioether (sulfide) groups is 1. The Balaban J connectivity index is 3.70. The molecule has 2 atom stereocenters. The molecule has 0 radical (unpaired) electrons. The summed E-state index contributed by atoms with van der Waals surface area (Å²) in [7, 11) is 0. The number of rotatable bonds is 5. The average molecular weight is 176 g/mol. The maximum Gasteiger partial charge on any atom is 0.0543 e. The van der Waals surface area contributed by atoms with Crippen molar-refractivity contribution in [2.45, 2.75) is 33.3 Å². The Kier molecular flexibility index (Phi) is 6.06. The minimum absolute atomic E-state index is 0.151. The first kappa shape index (κ1) is 11.3. The van der Waals surface area contributed by atoms with Crippen LogP contribution >= 0.6 is 11.8 Å². The lowest BCUT2D eigenvalue weighted by molar-refractivity contribution is 0.0959. The molecular formula is C9H20OS. The zero-order chi connectivity index (χ0) is 8.85. The summed E-state index contributed by atoms with van der Waals surface area (Å²) in [6.45, 7) is 6.25. The lowest BCUT2D eigenvalue weighted by atomic mass is 9.89. The third kappa shape index (κ3) is 4.70. The van der Waals surface area contributed by atoms with Gasteiger partial charge >= 0.3 is 0 Å². The quantitative estimate of drug-likeness (QED) is 0.694. The molecule has 2 heteroatoms. The maximum absolute atomic E-state index is 9.40. The van der Waals surface area contributed by atoms with Gasteiger partial charge in [-0.3, -0.25) is 0 Å². The highest BCUT2D eigenvalue weighted by molar-refractivity contribution is 7.98. The number of hydrogen-bond acceptors (Lipinski definition) is 2. The summed E-state index contributed by atoms with van der Waals surface area (Å²) in [6.07, 6.45) is 3.10. The van der Waals surface area contributed by atoms with Crippen molar-refractivity contribution < 1.29 is 5.11 Å². The van der Waals surface area contributed by atoms with Crippen LogP contribution in [0.15, 0.2) is 0 Å². The van der Waals surface area contributed by atoms with Crippen LogP contribution < -0.4 is 0 Å². The van der Waals surface area contributed by atoms with E-state index in [0.29, 0.717) is 11.8 Å². The zero-order valence-corrected chi connectivity index (χ0v) is 8.82. The van der Waals surface area contributed by atoms with Crippen LogP contribution in [-0.2, 0) is 0 Å². The fraction of sp³-hybridized carbons (Fsp3) is 1.00. The third-order valence-corrected chi connectivity index (χ3v) is 2.78. The first-order valence-electron chi connectivity index (χ1n) is 4.26. The Morgan fingerprint density at radius 3 is 2.09 bits per heavy atom. The highest BCUT2D eigenvalue weighted by Gasteiger charge is 2.17. The minimum Gasteiger partial charge on any atom is -0.393 e. The number of aliphatic hydroxyl groups is 1. The summed E-state index contributed by atoms with van der Waals surface area (Å²) in [4.78, 5) is 0. The Hall–Kier alpha value is 0.310. The molecule has 68 valence electrons. The fourth-order valence-corrected chi connectivity index (χ4v) is 1.89. The minimum atomic E-state index is -0.151. The summed E-state index contributed by atoms with van der Waals surface area (Å²) >= 11 is 1.85. The van der Waals surface area contributed by atoms with E-state index in [0.717, 1.165) is 12.2 Å². The SMILES string of the molecule is CSCCC(C(C)C)C(C)O. The molecule has 2 unspecified atom stereocenters. The van der Waals surface area contributed by atoms with E-state index >= 15 is 0 Å². The van der Waals surface area contributed by atoms with Crippen molar-refractivity contribution in [3.8, 4) is 0 Å². The fourth-order valence-electron chi connectivity index (χ4n) is 1.39. The van der Waals surface area contributed by atoms with Crippen molar-refractivity contribution in [3.63, 3.8) is 0 Å². The van der Waals surface area contributed by atoms with Crippen molar-refractivity contribution in [1.29, 1.82) is 0 Å². The summed E-state index contributed by atoms with van der Waals surface area (Å²) in [5, 5.41) is 9.40. The second-order valence-electron chi connectivity index (χ2n) is 3.43. The summed E-state index contributed by atoms with van der Waals surface area (Å²) in [5.41, 5.74) is 0. The van der Waals surface area contributed by atoms with Gasteiger partial charge in [0.25, 0.3) is 0 Å². The first-order valence-corrected chi connectivity index (χ1v) is 5.66. The molecule has 0 aliphatic heterocycles. The van der Waals surface area contributed by atoms with E-state index in [-0.39, 0.29) is 6.10 Å². The Labute approximate surface area is 74.6 Å². The van der Waals surface area contributed by atoms with Gasteiger partial charge in [0.05, 0.1) is 6.10 Å². The Morgan fingerprint density at radius 1 is 1.27 bits per heavy atom. The van der Waals surface area contributed by atoms with Gasteiger partial charge in [-0.25, -0.2) is 0 Å². The molecule has 0 aliphatic rings. The second-order valence-corrected chi connectivity index (χ2v) is 4.42. The van der Waals surface area contributed by atoms with Crippen LogP contribution in [0.2, 0.25) is 0 Å². The van der Waals surface area contributed by atoms with Gasteiger partial charge in [0.15, 0.2) is 0 Å². The summed E-state index contributed by atoms with van der Waals surface area (Å²) < 4.78 is 0. The molecule has 0 rings (SSSR count). The van der Waals surface area contributed by atoms with E-state index < -0.39 is 0 Å². The molecule has 0 spiro atoms. The second kappa shape index (κ2) is 5.90. The molecule has 1 nitrogen and oxygen atoms in total. The molecule has 0 fully saturated rings. The predicted molar refractivity (Wildman–Crippen MR) is 53.0 cm³/mol. The summed E-state index contributed by atoms with van der Waals surface area (Å²) in [5.74, 6) is 2.23. The molecule has 0 aromatic rings. The van der Waals surface area contributed by atoms with Gasteiger partial charge in [-0.05, 0) is 37.2 Å². The van der Waals surface area contributed by atoms with Crippen LogP contribution in [0.4, 0.5) is 0 Å². The zero-order valence-electron chi connectivity index (χ0n) is 8.00. The maximum atomic E-state index is 9.40. The van der Waals surface area contributed by atoms with Crippen LogP contribution in [-0.4, -0.2) is 23.2 Å². The van der Waals surface area contributed by atoms with Gasteiger partial charge in [0.2, 0.25) is 0 Å². The summed E-state index contributed by atoms with van der Waals surface area (Å²) in [6, 6.07) is 0. The van der Waals surface area contributed by atoms with Crippen LogP contribution in [0.1, 0.15) is 27.2 Å². The van der Waals surface area contributed by atoms with E-state index in [1.165, 1.54) is 0 Å². The smallest absolute Gasteiger partial charge is 0.0543 e. The van der Waals surface area contributed by atoms with Crippen molar-refractivity contribution in [3.05, 3.63) is 0 Å². The molecule has 0 heterocycles. The van der Waals surface area contributed by atoms with Gasteiger partial charge in [0.1, 0.15) is 0 Å². The van der Waals surface area contributed by atoms with E-state index in [9.17, 15) is 5.11 Å². The highest BCUT2D eigenvalue weighted by Crippen LogP contribution is 2.20.